The van der Waals surface area contributed by atoms with Crippen LogP contribution in [0.2, 0.25) is 0 Å². The van der Waals surface area contributed by atoms with Gasteiger partial charge < -0.3 is 10.1 Å². The average Bonchev–Trinajstić information content (AvgIpc) is 2.47. The number of benzene rings is 1. The van der Waals surface area contributed by atoms with E-state index in [2.05, 4.69) is 49.3 Å². The van der Waals surface area contributed by atoms with Crippen LogP contribution < -0.4 is 10.1 Å². The molecule has 0 bridgehead atoms. The highest BCUT2D eigenvalue weighted by atomic mass is 16.5. The van der Waals surface area contributed by atoms with Crippen LogP contribution in [0, 0.1) is 13.8 Å². The van der Waals surface area contributed by atoms with Crippen molar-refractivity contribution in [2.75, 3.05) is 6.54 Å². The van der Waals surface area contributed by atoms with Gasteiger partial charge >= 0.3 is 0 Å². The third kappa shape index (κ3) is 4.07. The number of rotatable bonds is 6. The van der Waals surface area contributed by atoms with Gasteiger partial charge in [-0.3, -0.25) is 4.98 Å². The molecule has 0 radical (unpaired) electrons. The van der Waals surface area contributed by atoms with Gasteiger partial charge in [0.15, 0.2) is 0 Å². The van der Waals surface area contributed by atoms with E-state index in [1.165, 1.54) is 16.7 Å². The topological polar surface area (TPSA) is 34.1 Å². The van der Waals surface area contributed by atoms with Crippen LogP contribution in [-0.4, -0.2) is 11.5 Å². The van der Waals surface area contributed by atoms with Crippen molar-refractivity contribution in [2.45, 2.75) is 33.9 Å². The lowest BCUT2D eigenvalue weighted by atomic mass is 10.1. The van der Waals surface area contributed by atoms with Gasteiger partial charge in [-0.05, 0) is 55.3 Å². The summed E-state index contributed by atoms with van der Waals surface area (Å²) in [7, 11) is 0. The molecule has 0 aliphatic carbocycles. The summed E-state index contributed by atoms with van der Waals surface area (Å²) in [4.78, 5) is 4.42. The first-order chi connectivity index (χ1) is 9.69. The van der Waals surface area contributed by atoms with E-state index in [1.807, 2.05) is 18.3 Å². The van der Waals surface area contributed by atoms with Crippen LogP contribution in [0.3, 0.4) is 0 Å². The molecule has 1 N–H and O–H groups in total. The summed E-state index contributed by atoms with van der Waals surface area (Å²) in [6, 6.07) is 10.3. The van der Waals surface area contributed by atoms with Crippen LogP contribution in [-0.2, 0) is 13.2 Å². The van der Waals surface area contributed by atoms with Gasteiger partial charge in [0.25, 0.3) is 0 Å². The molecule has 1 aromatic carbocycles. The predicted molar refractivity (Wildman–Crippen MR) is 81.9 cm³/mol. The molecule has 0 saturated heterocycles. The number of ether oxygens (including phenoxy) is 1. The SMILES string of the molecule is CCNCc1ccc(COc2ccc(C)c(C)c2)nc1. The smallest absolute Gasteiger partial charge is 0.130 e. The normalized spacial score (nSPS) is 10.6. The van der Waals surface area contributed by atoms with E-state index in [-0.39, 0.29) is 0 Å². The first-order valence-corrected chi connectivity index (χ1v) is 7.03. The molecule has 2 aromatic rings. The third-order valence-corrected chi connectivity index (χ3v) is 3.33. The molecule has 3 nitrogen and oxygen atoms in total. The van der Waals surface area contributed by atoms with Gasteiger partial charge in [-0.25, -0.2) is 0 Å². The van der Waals surface area contributed by atoms with Crippen molar-refractivity contribution in [1.29, 1.82) is 0 Å². The number of nitrogens with one attached hydrogen (secondary N) is 1. The molecule has 20 heavy (non-hydrogen) atoms. The van der Waals surface area contributed by atoms with Crippen LogP contribution in [0.4, 0.5) is 0 Å². The number of pyridine rings is 1. The maximum atomic E-state index is 5.77. The minimum absolute atomic E-state index is 0.504. The molecule has 0 unspecified atom stereocenters. The molecule has 0 saturated carbocycles. The maximum Gasteiger partial charge on any atom is 0.130 e. The van der Waals surface area contributed by atoms with Crippen molar-refractivity contribution in [3.8, 4) is 5.75 Å². The molecular formula is C17H22N2O. The standard InChI is InChI=1S/C17H22N2O/c1-4-18-10-15-6-7-16(19-11-15)12-20-17-8-5-13(2)14(3)9-17/h5-9,11,18H,4,10,12H2,1-3H3. The van der Waals surface area contributed by atoms with Crippen molar-refractivity contribution in [3.63, 3.8) is 0 Å². The van der Waals surface area contributed by atoms with Crippen molar-refractivity contribution < 1.29 is 4.74 Å². The van der Waals surface area contributed by atoms with E-state index < -0.39 is 0 Å². The van der Waals surface area contributed by atoms with Crippen molar-refractivity contribution in [1.82, 2.24) is 10.3 Å². The number of hydrogen-bond donors (Lipinski definition) is 1. The highest BCUT2D eigenvalue weighted by Crippen LogP contribution is 2.17. The molecule has 0 fully saturated rings. The molecule has 0 atom stereocenters. The Labute approximate surface area is 121 Å². The summed E-state index contributed by atoms with van der Waals surface area (Å²) in [5.41, 5.74) is 4.67. The molecule has 0 spiro atoms. The van der Waals surface area contributed by atoms with E-state index in [4.69, 9.17) is 4.74 Å². The predicted octanol–water partition coefficient (Wildman–Crippen LogP) is 3.39. The van der Waals surface area contributed by atoms with Crippen molar-refractivity contribution in [3.05, 3.63) is 58.9 Å². The second-order valence-electron chi connectivity index (χ2n) is 4.97. The zero-order chi connectivity index (χ0) is 14.4. The Morgan fingerprint density at radius 2 is 1.95 bits per heavy atom. The van der Waals surface area contributed by atoms with Gasteiger partial charge in [0.2, 0.25) is 0 Å². The minimum atomic E-state index is 0.504. The largest absolute Gasteiger partial charge is 0.487 e. The summed E-state index contributed by atoms with van der Waals surface area (Å²) in [5, 5.41) is 3.28. The fraction of sp³-hybridized carbons (Fsp3) is 0.353. The van der Waals surface area contributed by atoms with Crippen LogP contribution in [0.15, 0.2) is 36.5 Å². The average molecular weight is 270 g/mol. The first kappa shape index (κ1) is 14.5. The molecule has 0 aliphatic heterocycles. The van der Waals surface area contributed by atoms with Crippen molar-refractivity contribution >= 4 is 0 Å². The number of hydrogen-bond acceptors (Lipinski definition) is 3. The van der Waals surface area contributed by atoms with Gasteiger partial charge in [-0.1, -0.05) is 19.1 Å². The summed E-state index contributed by atoms with van der Waals surface area (Å²) >= 11 is 0. The Kier molecular flexibility index (Phi) is 5.13. The fourth-order valence-corrected chi connectivity index (χ4v) is 1.88. The lowest BCUT2D eigenvalue weighted by Gasteiger charge is -2.08. The fourth-order valence-electron chi connectivity index (χ4n) is 1.88. The monoisotopic (exact) mass is 270 g/mol. The van der Waals surface area contributed by atoms with Gasteiger partial charge in [0, 0.05) is 12.7 Å². The highest BCUT2D eigenvalue weighted by molar-refractivity contribution is 5.33. The Bertz CT molecular complexity index is 549. The van der Waals surface area contributed by atoms with E-state index in [9.17, 15) is 0 Å². The minimum Gasteiger partial charge on any atom is -0.487 e. The molecule has 2 rings (SSSR count). The van der Waals surface area contributed by atoms with E-state index in [1.54, 1.807) is 0 Å². The van der Waals surface area contributed by atoms with Crippen LogP contribution in [0.1, 0.15) is 29.3 Å². The van der Waals surface area contributed by atoms with Gasteiger partial charge in [0.1, 0.15) is 12.4 Å². The second kappa shape index (κ2) is 7.06. The van der Waals surface area contributed by atoms with E-state index in [0.717, 1.165) is 24.5 Å². The lowest BCUT2D eigenvalue weighted by Crippen LogP contribution is -2.12. The molecule has 0 amide bonds. The lowest BCUT2D eigenvalue weighted by molar-refractivity contribution is 0.301. The molecule has 0 aliphatic rings. The Balaban J connectivity index is 1.91. The molecule has 1 aromatic heterocycles. The maximum absolute atomic E-state index is 5.77. The summed E-state index contributed by atoms with van der Waals surface area (Å²) < 4.78 is 5.77. The van der Waals surface area contributed by atoms with Gasteiger partial charge in [-0.15, -0.1) is 0 Å². The van der Waals surface area contributed by atoms with Crippen LogP contribution >= 0.6 is 0 Å². The zero-order valence-electron chi connectivity index (χ0n) is 12.4. The quantitative estimate of drug-likeness (QED) is 0.873. The number of nitrogens with zero attached hydrogens (tertiary/aromatic N) is 1. The molecule has 1 heterocycles. The van der Waals surface area contributed by atoms with Crippen molar-refractivity contribution in [2.24, 2.45) is 0 Å². The molecule has 106 valence electrons. The van der Waals surface area contributed by atoms with Crippen LogP contribution in [0.5, 0.6) is 5.75 Å². The summed E-state index contributed by atoms with van der Waals surface area (Å²) in [6.45, 7) is 8.63. The summed E-state index contributed by atoms with van der Waals surface area (Å²) in [5.74, 6) is 0.895. The molecular weight excluding hydrogens is 248 g/mol. The van der Waals surface area contributed by atoms with E-state index in [0.29, 0.717) is 6.61 Å². The Morgan fingerprint density at radius 3 is 2.60 bits per heavy atom. The molecule has 3 heteroatoms. The van der Waals surface area contributed by atoms with Gasteiger partial charge in [0.05, 0.1) is 5.69 Å². The Hall–Kier alpha value is -1.87. The Morgan fingerprint density at radius 1 is 1.10 bits per heavy atom. The number of aromatic nitrogens is 1. The first-order valence-electron chi connectivity index (χ1n) is 7.03. The summed E-state index contributed by atoms with van der Waals surface area (Å²) in [6.07, 6.45) is 1.90. The van der Waals surface area contributed by atoms with Gasteiger partial charge in [-0.2, -0.15) is 0 Å². The number of aryl methyl sites for hydroxylation is 2. The van der Waals surface area contributed by atoms with E-state index >= 15 is 0 Å². The third-order valence-electron chi connectivity index (χ3n) is 3.33. The van der Waals surface area contributed by atoms with Crippen LogP contribution in [0.25, 0.3) is 0 Å². The second-order valence-corrected chi connectivity index (χ2v) is 4.97. The zero-order valence-corrected chi connectivity index (χ0v) is 12.4. The highest BCUT2D eigenvalue weighted by Gasteiger charge is 2.00.